The smallest absolute Gasteiger partial charge is 0.248 e. The zero-order valence-corrected chi connectivity index (χ0v) is 13.6. The lowest BCUT2D eigenvalue weighted by molar-refractivity contribution is -0.114. The Labute approximate surface area is 130 Å². The average Bonchev–Trinajstić information content (AvgIpc) is 2.90. The van der Waals surface area contributed by atoms with Crippen LogP contribution in [0.1, 0.15) is 52.4 Å². The van der Waals surface area contributed by atoms with Crippen molar-refractivity contribution in [3.63, 3.8) is 0 Å². The number of rotatable bonds is 4. The van der Waals surface area contributed by atoms with Crippen molar-refractivity contribution in [3.8, 4) is 0 Å². The number of nitrogens with zero attached hydrogens (tertiary/aromatic N) is 2. The molecular weight excluding hydrogens is 280 g/mol. The van der Waals surface area contributed by atoms with Gasteiger partial charge in [-0.25, -0.2) is 0 Å². The van der Waals surface area contributed by atoms with Crippen LogP contribution in [0, 0.1) is 0 Å². The second kappa shape index (κ2) is 6.17. The van der Waals surface area contributed by atoms with E-state index in [0.29, 0.717) is 11.7 Å². The van der Waals surface area contributed by atoms with E-state index in [2.05, 4.69) is 20.8 Å². The molecule has 0 aliphatic rings. The minimum Gasteiger partial charge on any atom is -0.374 e. The van der Waals surface area contributed by atoms with E-state index >= 15 is 0 Å². The molecule has 6 nitrogen and oxygen atoms in total. The van der Waals surface area contributed by atoms with Gasteiger partial charge in [-0.15, -0.1) is 0 Å². The van der Waals surface area contributed by atoms with Crippen molar-refractivity contribution in [2.45, 2.75) is 46.1 Å². The van der Waals surface area contributed by atoms with Crippen molar-refractivity contribution < 1.29 is 9.32 Å². The van der Waals surface area contributed by atoms with Gasteiger partial charge in [0.25, 0.3) is 0 Å². The first kappa shape index (κ1) is 16.0. The van der Waals surface area contributed by atoms with Crippen LogP contribution < -0.4 is 10.6 Å². The number of benzene rings is 1. The lowest BCUT2D eigenvalue weighted by Crippen LogP contribution is -2.14. The maximum absolute atomic E-state index is 11.0. The molecular formula is C16H22N4O2. The Hall–Kier alpha value is -2.37. The second-order valence-corrected chi connectivity index (χ2v) is 6.33. The van der Waals surface area contributed by atoms with Gasteiger partial charge in [-0.05, 0) is 31.2 Å². The molecule has 0 saturated heterocycles. The maximum Gasteiger partial charge on any atom is 0.248 e. The van der Waals surface area contributed by atoms with Crippen LogP contribution in [-0.2, 0) is 10.2 Å². The largest absolute Gasteiger partial charge is 0.374 e. The Bertz CT molecular complexity index is 641. The van der Waals surface area contributed by atoms with E-state index in [-0.39, 0.29) is 17.4 Å². The molecule has 0 radical (unpaired) electrons. The quantitative estimate of drug-likeness (QED) is 0.903. The van der Waals surface area contributed by atoms with Crippen LogP contribution in [0.4, 0.5) is 11.4 Å². The number of carbonyl (C=O) groups is 1. The van der Waals surface area contributed by atoms with Gasteiger partial charge in [0.05, 0.1) is 0 Å². The molecule has 2 N–H and O–H groups in total. The van der Waals surface area contributed by atoms with Crippen LogP contribution >= 0.6 is 0 Å². The third-order valence-corrected chi connectivity index (χ3v) is 3.07. The van der Waals surface area contributed by atoms with Gasteiger partial charge in [0.2, 0.25) is 11.8 Å². The van der Waals surface area contributed by atoms with Crippen molar-refractivity contribution in [1.82, 2.24) is 10.1 Å². The first-order valence-corrected chi connectivity index (χ1v) is 7.24. The number of nitrogens with one attached hydrogen (secondary N) is 2. The van der Waals surface area contributed by atoms with Gasteiger partial charge in [-0.1, -0.05) is 25.9 Å². The van der Waals surface area contributed by atoms with Gasteiger partial charge in [0.15, 0.2) is 5.82 Å². The Balaban J connectivity index is 2.04. The van der Waals surface area contributed by atoms with E-state index < -0.39 is 0 Å². The molecule has 0 unspecified atom stereocenters. The predicted octanol–water partition coefficient (Wildman–Crippen LogP) is 3.50. The van der Waals surface area contributed by atoms with E-state index in [1.807, 2.05) is 52.0 Å². The SMILES string of the molecule is CC(=O)Nc1ccc(N[C@H](C)c2nc(C(C)(C)C)no2)cc1. The molecule has 0 spiro atoms. The lowest BCUT2D eigenvalue weighted by Gasteiger charge is -2.13. The molecule has 0 aliphatic carbocycles. The molecule has 1 aromatic heterocycles. The normalized spacial score (nSPS) is 12.8. The second-order valence-electron chi connectivity index (χ2n) is 6.33. The van der Waals surface area contributed by atoms with Crippen molar-refractivity contribution in [3.05, 3.63) is 36.0 Å². The van der Waals surface area contributed by atoms with Gasteiger partial charge in [-0.2, -0.15) is 4.98 Å². The summed E-state index contributed by atoms with van der Waals surface area (Å²) in [6, 6.07) is 7.36. The Morgan fingerprint density at radius 1 is 1.18 bits per heavy atom. The minimum absolute atomic E-state index is 0.0883. The molecule has 22 heavy (non-hydrogen) atoms. The number of aromatic nitrogens is 2. The highest BCUT2D eigenvalue weighted by Gasteiger charge is 2.23. The molecule has 0 aliphatic heterocycles. The average molecular weight is 302 g/mol. The number of hydrogen-bond acceptors (Lipinski definition) is 5. The number of carbonyl (C=O) groups excluding carboxylic acids is 1. The third-order valence-electron chi connectivity index (χ3n) is 3.07. The summed E-state index contributed by atoms with van der Waals surface area (Å²) in [6.07, 6.45) is 0. The van der Waals surface area contributed by atoms with Crippen molar-refractivity contribution >= 4 is 17.3 Å². The zero-order chi connectivity index (χ0) is 16.3. The highest BCUT2D eigenvalue weighted by atomic mass is 16.5. The summed E-state index contributed by atoms with van der Waals surface area (Å²) < 4.78 is 5.32. The third kappa shape index (κ3) is 4.07. The zero-order valence-electron chi connectivity index (χ0n) is 13.6. The van der Waals surface area contributed by atoms with Gasteiger partial charge < -0.3 is 15.2 Å². The Morgan fingerprint density at radius 3 is 2.27 bits per heavy atom. The molecule has 0 saturated carbocycles. The van der Waals surface area contributed by atoms with Crippen molar-refractivity contribution in [2.75, 3.05) is 10.6 Å². The first-order valence-electron chi connectivity index (χ1n) is 7.24. The molecule has 2 rings (SSSR count). The van der Waals surface area contributed by atoms with Crippen LogP contribution in [0.2, 0.25) is 0 Å². The van der Waals surface area contributed by atoms with Crippen LogP contribution in [0.5, 0.6) is 0 Å². The van der Waals surface area contributed by atoms with Gasteiger partial charge in [0.1, 0.15) is 6.04 Å². The van der Waals surface area contributed by atoms with Gasteiger partial charge in [-0.3, -0.25) is 4.79 Å². The summed E-state index contributed by atoms with van der Waals surface area (Å²) in [7, 11) is 0. The first-order chi connectivity index (χ1) is 10.3. The number of hydrogen-bond donors (Lipinski definition) is 2. The van der Waals surface area contributed by atoms with Crippen molar-refractivity contribution in [2.24, 2.45) is 0 Å². The molecule has 1 heterocycles. The standard InChI is InChI=1S/C16H22N4O2/c1-10(14-19-15(20-22-14)16(3,4)5)17-12-6-8-13(9-7-12)18-11(2)21/h6-10,17H,1-5H3,(H,18,21)/t10-/m1/s1. The molecule has 2 aromatic rings. The van der Waals surface area contributed by atoms with Gasteiger partial charge >= 0.3 is 0 Å². The summed E-state index contributed by atoms with van der Waals surface area (Å²) in [6.45, 7) is 9.57. The van der Waals surface area contributed by atoms with E-state index in [1.54, 1.807) is 0 Å². The molecule has 6 heteroatoms. The van der Waals surface area contributed by atoms with Gasteiger partial charge in [0, 0.05) is 23.7 Å². The molecule has 1 atom stereocenters. The summed E-state index contributed by atoms with van der Waals surface area (Å²) in [5.74, 6) is 1.16. The summed E-state index contributed by atoms with van der Waals surface area (Å²) in [4.78, 5) is 15.4. The molecule has 1 amide bonds. The highest BCUT2D eigenvalue weighted by molar-refractivity contribution is 5.88. The Kier molecular flexibility index (Phi) is 4.49. The van der Waals surface area contributed by atoms with Crippen LogP contribution in [0.3, 0.4) is 0 Å². The molecule has 1 aromatic carbocycles. The van der Waals surface area contributed by atoms with Crippen LogP contribution in [0.15, 0.2) is 28.8 Å². The van der Waals surface area contributed by atoms with Crippen LogP contribution in [0.25, 0.3) is 0 Å². The minimum atomic E-state index is -0.137. The van der Waals surface area contributed by atoms with Crippen molar-refractivity contribution in [1.29, 1.82) is 0 Å². The molecule has 0 bridgehead atoms. The monoisotopic (exact) mass is 302 g/mol. The van der Waals surface area contributed by atoms with E-state index in [4.69, 9.17) is 4.52 Å². The Morgan fingerprint density at radius 2 is 1.77 bits per heavy atom. The highest BCUT2D eigenvalue weighted by Crippen LogP contribution is 2.23. The number of anilines is 2. The molecule has 0 fully saturated rings. The van der Waals surface area contributed by atoms with E-state index in [1.165, 1.54) is 6.92 Å². The summed E-state index contributed by atoms with van der Waals surface area (Å²) in [5, 5.41) is 10.0. The molecule has 118 valence electrons. The number of amides is 1. The topological polar surface area (TPSA) is 80.0 Å². The maximum atomic E-state index is 11.0. The van der Waals surface area contributed by atoms with E-state index in [9.17, 15) is 4.79 Å². The van der Waals surface area contributed by atoms with E-state index in [0.717, 1.165) is 11.4 Å². The fraction of sp³-hybridized carbons (Fsp3) is 0.438. The fourth-order valence-corrected chi connectivity index (χ4v) is 1.88. The lowest BCUT2D eigenvalue weighted by atomic mass is 9.96. The fourth-order valence-electron chi connectivity index (χ4n) is 1.88. The summed E-state index contributed by atoms with van der Waals surface area (Å²) in [5.41, 5.74) is 1.54. The summed E-state index contributed by atoms with van der Waals surface area (Å²) >= 11 is 0. The van der Waals surface area contributed by atoms with Crippen LogP contribution in [-0.4, -0.2) is 16.0 Å². The predicted molar refractivity (Wildman–Crippen MR) is 85.8 cm³/mol.